The van der Waals surface area contributed by atoms with E-state index in [0.717, 1.165) is 13.1 Å². The minimum atomic E-state index is -0.0965. The van der Waals surface area contributed by atoms with Crippen LogP contribution in [-0.4, -0.2) is 81.9 Å². The molecule has 0 radical (unpaired) electrons. The third-order valence-corrected chi connectivity index (χ3v) is 5.41. The fourth-order valence-corrected chi connectivity index (χ4v) is 3.68. The summed E-state index contributed by atoms with van der Waals surface area (Å²) in [5.41, 5.74) is 8.21. The maximum atomic E-state index is 13.1. The molecule has 1 aliphatic carbocycles. The number of hydrazine groups is 1. The summed E-state index contributed by atoms with van der Waals surface area (Å²) >= 11 is 0. The Hall–Kier alpha value is -3.11. The van der Waals surface area contributed by atoms with E-state index in [0.29, 0.717) is 47.8 Å². The predicted octanol–water partition coefficient (Wildman–Crippen LogP) is 0.259. The van der Waals surface area contributed by atoms with Crippen LogP contribution in [-0.2, 0) is 0 Å². The normalized spacial score (nSPS) is 17.8. The Labute approximate surface area is 175 Å². The second-order valence-corrected chi connectivity index (χ2v) is 7.69. The molecule has 4 N–H and O–H groups in total. The summed E-state index contributed by atoms with van der Waals surface area (Å²) < 4.78 is 6.73. The zero-order valence-electron chi connectivity index (χ0n) is 17.4. The molecule has 0 spiro atoms. The first-order valence-electron chi connectivity index (χ1n) is 10.1. The maximum Gasteiger partial charge on any atom is 0.274 e. The summed E-state index contributed by atoms with van der Waals surface area (Å²) in [6.45, 7) is 3.23. The summed E-state index contributed by atoms with van der Waals surface area (Å²) in [6, 6.07) is 5.96. The number of ether oxygens (including phenoxy) is 1. The molecule has 4 rings (SSSR count). The lowest BCUT2D eigenvalue weighted by atomic mass is 10.2. The van der Waals surface area contributed by atoms with Crippen molar-refractivity contribution in [2.24, 2.45) is 11.6 Å². The Morgan fingerprint density at radius 2 is 2.00 bits per heavy atom. The molecule has 2 fully saturated rings. The molecular formula is C20H28N8O2. The quantitative estimate of drug-likeness (QED) is 0.512. The van der Waals surface area contributed by atoms with Gasteiger partial charge in [-0.1, -0.05) is 0 Å². The first-order valence-corrected chi connectivity index (χ1v) is 10.1. The van der Waals surface area contributed by atoms with Gasteiger partial charge >= 0.3 is 0 Å². The van der Waals surface area contributed by atoms with Gasteiger partial charge in [-0.25, -0.2) is 15.5 Å². The average Bonchev–Trinajstić information content (AvgIpc) is 3.51. The van der Waals surface area contributed by atoms with Crippen LogP contribution in [0.4, 0.5) is 0 Å². The minimum Gasteiger partial charge on any atom is -0.481 e. The smallest absolute Gasteiger partial charge is 0.274 e. The van der Waals surface area contributed by atoms with Crippen LogP contribution >= 0.6 is 0 Å². The van der Waals surface area contributed by atoms with Gasteiger partial charge in [0.15, 0.2) is 5.69 Å². The first-order chi connectivity index (χ1) is 14.5. The number of methoxy groups -OCH3 is 1. The number of piperazine rings is 1. The number of carbonyl (C=O) groups excluding carboxylic acids is 1. The summed E-state index contributed by atoms with van der Waals surface area (Å²) in [7, 11) is 3.23. The molecule has 0 atom stereocenters. The second-order valence-electron chi connectivity index (χ2n) is 7.69. The van der Waals surface area contributed by atoms with E-state index in [-0.39, 0.29) is 5.91 Å². The summed E-state index contributed by atoms with van der Waals surface area (Å²) in [6.07, 6.45) is 5.75. The lowest BCUT2D eigenvalue weighted by molar-refractivity contribution is 0.0621. The molecule has 0 bridgehead atoms. The Balaban J connectivity index is 1.61. The number of carbonyl (C=O) groups is 1. The fourth-order valence-electron chi connectivity index (χ4n) is 3.68. The zero-order chi connectivity index (χ0) is 21.3. The number of pyridine rings is 1. The molecule has 2 aromatic heterocycles. The predicted molar refractivity (Wildman–Crippen MR) is 113 cm³/mol. The number of aromatic nitrogens is 3. The number of nitrogens with zero attached hydrogens (tertiary/aromatic N) is 6. The fraction of sp³-hybridized carbons (Fsp3) is 0.450. The van der Waals surface area contributed by atoms with Crippen LogP contribution in [0.15, 0.2) is 30.6 Å². The molecule has 1 saturated heterocycles. The number of rotatable bonds is 6. The standard InChI is InChI=1S/C20H28N8O2/c1-25(22)13-16(21)18-11-17(24-28(18)15-5-6-19(30-2)23-12-15)20(29)27-9-7-26(8-10-27)14-3-4-14/h5-6,11-14H,3-4,7-10,21-22H2,1-2H3/b16-13-. The molecule has 30 heavy (non-hydrogen) atoms. The number of amides is 1. The van der Waals surface area contributed by atoms with Crippen LogP contribution < -0.4 is 16.3 Å². The minimum absolute atomic E-state index is 0.0965. The Kier molecular flexibility index (Phi) is 5.60. The Bertz CT molecular complexity index is 925. The highest BCUT2D eigenvalue weighted by Gasteiger charge is 2.33. The average molecular weight is 412 g/mol. The van der Waals surface area contributed by atoms with Crippen LogP contribution in [0, 0.1) is 0 Å². The van der Waals surface area contributed by atoms with Crippen LogP contribution in [0.1, 0.15) is 29.0 Å². The van der Waals surface area contributed by atoms with Crippen LogP contribution in [0.5, 0.6) is 5.88 Å². The van der Waals surface area contributed by atoms with Gasteiger partial charge in [-0.3, -0.25) is 9.69 Å². The Morgan fingerprint density at radius 3 is 2.57 bits per heavy atom. The van der Waals surface area contributed by atoms with Gasteiger partial charge in [-0.15, -0.1) is 0 Å². The molecule has 3 heterocycles. The van der Waals surface area contributed by atoms with E-state index in [1.165, 1.54) is 17.9 Å². The molecule has 10 heteroatoms. The van der Waals surface area contributed by atoms with E-state index < -0.39 is 0 Å². The van der Waals surface area contributed by atoms with Gasteiger partial charge in [0.2, 0.25) is 5.88 Å². The Morgan fingerprint density at radius 1 is 1.27 bits per heavy atom. The molecular weight excluding hydrogens is 384 g/mol. The monoisotopic (exact) mass is 412 g/mol. The van der Waals surface area contributed by atoms with E-state index in [2.05, 4.69) is 15.0 Å². The highest BCUT2D eigenvalue weighted by Crippen LogP contribution is 2.28. The molecule has 160 valence electrons. The van der Waals surface area contributed by atoms with Crippen molar-refractivity contribution in [3.8, 4) is 11.6 Å². The lowest BCUT2D eigenvalue weighted by Crippen LogP contribution is -2.49. The molecule has 1 amide bonds. The van der Waals surface area contributed by atoms with Crippen molar-refractivity contribution in [1.29, 1.82) is 0 Å². The molecule has 0 unspecified atom stereocenters. The number of hydrogen-bond acceptors (Lipinski definition) is 8. The van der Waals surface area contributed by atoms with Crippen molar-refractivity contribution in [2.75, 3.05) is 40.3 Å². The maximum absolute atomic E-state index is 13.1. The van der Waals surface area contributed by atoms with Gasteiger partial charge in [0, 0.05) is 51.5 Å². The van der Waals surface area contributed by atoms with Crippen molar-refractivity contribution in [3.63, 3.8) is 0 Å². The largest absolute Gasteiger partial charge is 0.481 e. The van der Waals surface area contributed by atoms with Gasteiger partial charge in [0.05, 0.1) is 30.4 Å². The van der Waals surface area contributed by atoms with Gasteiger partial charge in [0.25, 0.3) is 5.91 Å². The third kappa shape index (κ3) is 4.24. The first kappa shape index (κ1) is 20.2. The van der Waals surface area contributed by atoms with Crippen molar-refractivity contribution >= 4 is 11.6 Å². The molecule has 1 aliphatic heterocycles. The van der Waals surface area contributed by atoms with Crippen LogP contribution in [0.2, 0.25) is 0 Å². The lowest BCUT2D eigenvalue weighted by Gasteiger charge is -2.34. The van der Waals surface area contributed by atoms with Gasteiger partial charge in [0.1, 0.15) is 0 Å². The van der Waals surface area contributed by atoms with E-state index >= 15 is 0 Å². The highest BCUT2D eigenvalue weighted by atomic mass is 16.5. The van der Waals surface area contributed by atoms with E-state index in [1.807, 2.05) is 11.0 Å². The summed E-state index contributed by atoms with van der Waals surface area (Å²) in [5.74, 6) is 6.11. The van der Waals surface area contributed by atoms with Crippen molar-refractivity contribution in [2.45, 2.75) is 18.9 Å². The van der Waals surface area contributed by atoms with Crippen molar-refractivity contribution in [3.05, 3.63) is 42.0 Å². The SMILES string of the molecule is COc1ccc(-n2nc(C(=O)N3CCN(C4CC4)CC3)cc2/C(N)=C/N(C)N)cn1. The number of nitrogens with two attached hydrogens (primary N) is 2. The van der Waals surface area contributed by atoms with Crippen molar-refractivity contribution in [1.82, 2.24) is 29.6 Å². The van der Waals surface area contributed by atoms with Gasteiger partial charge in [-0.05, 0) is 25.0 Å². The topological polar surface area (TPSA) is 119 Å². The highest BCUT2D eigenvalue weighted by molar-refractivity contribution is 5.93. The van der Waals surface area contributed by atoms with Gasteiger partial charge < -0.3 is 20.4 Å². The molecule has 1 saturated carbocycles. The molecule has 2 aromatic rings. The van der Waals surface area contributed by atoms with Crippen LogP contribution in [0.25, 0.3) is 11.4 Å². The van der Waals surface area contributed by atoms with Gasteiger partial charge in [-0.2, -0.15) is 5.10 Å². The number of hydrogen-bond donors (Lipinski definition) is 2. The molecule has 10 nitrogen and oxygen atoms in total. The zero-order valence-corrected chi connectivity index (χ0v) is 17.4. The molecule has 2 aliphatic rings. The van der Waals surface area contributed by atoms with E-state index in [4.69, 9.17) is 16.3 Å². The van der Waals surface area contributed by atoms with E-state index in [9.17, 15) is 4.79 Å². The van der Waals surface area contributed by atoms with Crippen LogP contribution in [0.3, 0.4) is 0 Å². The van der Waals surface area contributed by atoms with E-state index in [1.54, 1.807) is 43.4 Å². The summed E-state index contributed by atoms with van der Waals surface area (Å²) in [5, 5.41) is 5.92. The summed E-state index contributed by atoms with van der Waals surface area (Å²) in [4.78, 5) is 21.7. The molecule has 0 aromatic carbocycles. The van der Waals surface area contributed by atoms with Crippen molar-refractivity contribution < 1.29 is 9.53 Å². The second kappa shape index (κ2) is 8.33. The third-order valence-electron chi connectivity index (χ3n) is 5.41.